The van der Waals surface area contributed by atoms with Gasteiger partial charge in [0.1, 0.15) is 0 Å². The van der Waals surface area contributed by atoms with Gasteiger partial charge in [0.05, 0.1) is 5.69 Å². The zero-order chi connectivity index (χ0) is 19.9. The summed E-state index contributed by atoms with van der Waals surface area (Å²) in [5, 5.41) is 8.93. The number of carbonyl (C=O) groups excluding carboxylic acids is 1. The van der Waals surface area contributed by atoms with Crippen LogP contribution in [0, 0.1) is 11.3 Å². The van der Waals surface area contributed by atoms with Crippen molar-refractivity contribution >= 4 is 23.4 Å². The number of nitrogens with two attached hydrogens (primary N) is 1. The second kappa shape index (κ2) is 9.16. The molecule has 1 aromatic heterocycles. The minimum atomic E-state index is -0.218. The zero-order valence-electron chi connectivity index (χ0n) is 15.9. The molecule has 0 atom stereocenters. The molecule has 1 aromatic carbocycles. The number of piperidine rings is 1. The summed E-state index contributed by atoms with van der Waals surface area (Å²) in [6.07, 6.45) is 3.73. The number of hydrogen-bond acceptors (Lipinski definition) is 6. The van der Waals surface area contributed by atoms with E-state index in [0.717, 1.165) is 31.6 Å². The summed E-state index contributed by atoms with van der Waals surface area (Å²) in [7, 11) is 0. The normalized spacial score (nSPS) is 14.5. The summed E-state index contributed by atoms with van der Waals surface area (Å²) in [4.78, 5) is 18.6. The number of hydrazine groups is 3. The summed E-state index contributed by atoms with van der Waals surface area (Å²) in [6.45, 7) is 3.87. The maximum absolute atomic E-state index is 12.6. The van der Waals surface area contributed by atoms with E-state index in [-0.39, 0.29) is 11.9 Å². The topological polar surface area (TPSA) is 122 Å². The molecule has 3 rings (SSSR count). The average molecular weight is 382 g/mol. The number of nitrogens with zero attached hydrogens (tertiary/aromatic N) is 3. The van der Waals surface area contributed by atoms with Crippen molar-refractivity contribution in [1.82, 2.24) is 21.0 Å². The first-order chi connectivity index (χ1) is 13.5. The molecule has 1 amide bonds. The maximum Gasteiger partial charge on any atom is 0.253 e. The lowest BCUT2D eigenvalue weighted by Gasteiger charge is -2.30. The van der Waals surface area contributed by atoms with Gasteiger partial charge >= 0.3 is 0 Å². The maximum atomic E-state index is 12.6. The van der Waals surface area contributed by atoms with Gasteiger partial charge in [-0.05, 0) is 55.2 Å². The molecular formula is C19H26N8O. The molecule has 0 aliphatic carbocycles. The van der Waals surface area contributed by atoms with Gasteiger partial charge in [0.25, 0.3) is 5.91 Å². The van der Waals surface area contributed by atoms with E-state index in [1.165, 1.54) is 5.01 Å². The van der Waals surface area contributed by atoms with Gasteiger partial charge in [0.2, 0.25) is 5.96 Å². The van der Waals surface area contributed by atoms with E-state index < -0.39 is 0 Å². The molecule has 6 N–H and O–H groups in total. The molecule has 0 unspecified atom stereocenters. The van der Waals surface area contributed by atoms with Crippen molar-refractivity contribution in [2.75, 3.05) is 23.5 Å². The molecule has 9 nitrogen and oxygen atoms in total. The lowest BCUT2D eigenvalue weighted by Crippen LogP contribution is -2.55. The molecule has 148 valence electrons. The van der Waals surface area contributed by atoms with Crippen LogP contribution in [0.3, 0.4) is 0 Å². The zero-order valence-corrected chi connectivity index (χ0v) is 15.9. The average Bonchev–Trinajstić information content (AvgIpc) is 2.72. The summed E-state index contributed by atoms with van der Waals surface area (Å²) >= 11 is 0. The van der Waals surface area contributed by atoms with E-state index in [0.29, 0.717) is 17.3 Å². The first kappa shape index (κ1) is 19.6. The van der Waals surface area contributed by atoms with Crippen LogP contribution >= 0.6 is 0 Å². The van der Waals surface area contributed by atoms with Gasteiger partial charge in [-0.15, -0.1) is 5.53 Å². The van der Waals surface area contributed by atoms with Crippen molar-refractivity contribution in [2.45, 2.75) is 19.8 Å². The van der Waals surface area contributed by atoms with E-state index in [1.807, 2.05) is 17.0 Å². The van der Waals surface area contributed by atoms with Crippen LogP contribution < -0.4 is 27.2 Å². The number of aromatic nitrogens is 1. The van der Waals surface area contributed by atoms with Crippen LogP contribution in [0.4, 0.5) is 11.5 Å². The quantitative estimate of drug-likeness (QED) is 0.293. The molecule has 2 aromatic rings. The highest BCUT2D eigenvalue weighted by atomic mass is 16.2. The Hall–Kier alpha value is -3.17. The number of guanidine groups is 1. The minimum Gasteiger partial charge on any atom is -0.369 e. The van der Waals surface area contributed by atoms with Crippen LogP contribution in [0.15, 0.2) is 48.7 Å². The Kier molecular flexibility index (Phi) is 6.41. The lowest BCUT2D eigenvalue weighted by atomic mass is 9.98. The Labute approximate surface area is 164 Å². The van der Waals surface area contributed by atoms with Crippen LogP contribution in [-0.4, -0.2) is 34.8 Å². The Morgan fingerprint density at radius 1 is 1.21 bits per heavy atom. The highest BCUT2D eigenvalue weighted by Gasteiger charge is 2.21. The van der Waals surface area contributed by atoms with Gasteiger partial charge < -0.3 is 16.1 Å². The van der Waals surface area contributed by atoms with E-state index in [2.05, 4.69) is 28.4 Å². The summed E-state index contributed by atoms with van der Waals surface area (Å²) in [6, 6.07) is 12.5. The van der Waals surface area contributed by atoms with Crippen LogP contribution in [0.5, 0.6) is 0 Å². The first-order valence-corrected chi connectivity index (χ1v) is 9.26. The second-order valence-corrected chi connectivity index (χ2v) is 6.82. The van der Waals surface area contributed by atoms with Gasteiger partial charge in [0.15, 0.2) is 5.82 Å². The number of amides is 1. The Morgan fingerprint density at radius 2 is 1.93 bits per heavy atom. The van der Waals surface area contributed by atoms with E-state index in [1.54, 1.807) is 36.5 Å². The van der Waals surface area contributed by atoms with E-state index >= 15 is 0 Å². The molecule has 2 heterocycles. The Morgan fingerprint density at radius 3 is 2.54 bits per heavy atom. The van der Waals surface area contributed by atoms with Crippen LogP contribution in [0.25, 0.3) is 0 Å². The predicted octanol–water partition coefficient (Wildman–Crippen LogP) is 1.69. The van der Waals surface area contributed by atoms with Crippen LogP contribution in [0.2, 0.25) is 0 Å². The third kappa shape index (κ3) is 4.96. The number of hydrogen-bond donors (Lipinski definition) is 5. The Balaban J connectivity index is 1.53. The summed E-state index contributed by atoms with van der Waals surface area (Å²) in [5.41, 5.74) is 15.5. The fourth-order valence-electron chi connectivity index (χ4n) is 2.97. The van der Waals surface area contributed by atoms with Crippen molar-refractivity contribution in [1.29, 1.82) is 5.41 Å². The van der Waals surface area contributed by atoms with Gasteiger partial charge in [-0.1, -0.05) is 13.0 Å². The lowest BCUT2D eigenvalue weighted by molar-refractivity contribution is 0.0697. The molecule has 0 saturated carbocycles. The highest BCUT2D eigenvalue weighted by Crippen LogP contribution is 2.19. The predicted molar refractivity (Wildman–Crippen MR) is 109 cm³/mol. The van der Waals surface area contributed by atoms with Crippen molar-refractivity contribution in [3.05, 3.63) is 54.2 Å². The number of likely N-dealkylation sites (tertiary alicyclic amines) is 1. The van der Waals surface area contributed by atoms with Crippen molar-refractivity contribution in [3.63, 3.8) is 0 Å². The van der Waals surface area contributed by atoms with Crippen molar-refractivity contribution < 1.29 is 4.79 Å². The van der Waals surface area contributed by atoms with Gasteiger partial charge in [0, 0.05) is 24.8 Å². The van der Waals surface area contributed by atoms with Crippen LogP contribution in [-0.2, 0) is 0 Å². The first-order valence-electron chi connectivity index (χ1n) is 9.26. The Bertz CT molecular complexity index is 787. The summed E-state index contributed by atoms with van der Waals surface area (Å²) < 4.78 is 0. The molecule has 0 spiro atoms. The monoisotopic (exact) mass is 382 g/mol. The van der Waals surface area contributed by atoms with Gasteiger partial charge in [-0.25, -0.2) is 9.99 Å². The number of benzene rings is 1. The van der Waals surface area contributed by atoms with E-state index in [9.17, 15) is 4.79 Å². The number of rotatable bonds is 6. The number of nitrogens with one attached hydrogen (secondary N) is 4. The van der Waals surface area contributed by atoms with Gasteiger partial charge in [-0.3, -0.25) is 10.2 Å². The highest BCUT2D eigenvalue weighted by molar-refractivity contribution is 5.94. The molecule has 0 radical (unpaired) electrons. The van der Waals surface area contributed by atoms with Crippen molar-refractivity contribution in [2.24, 2.45) is 11.7 Å². The summed E-state index contributed by atoms with van der Waals surface area (Å²) in [5.74, 6) is 1.02. The molecule has 1 aliphatic rings. The fraction of sp³-hybridized carbons (Fsp3) is 0.316. The molecule has 0 bridgehead atoms. The molecule has 1 fully saturated rings. The number of carbonyl (C=O) groups is 1. The SMILES string of the molecule is CC1CCN(C(=O)c2ccc(NNNN(C(=N)N)c3ccccn3)cc2)CC1. The third-order valence-electron chi connectivity index (χ3n) is 4.70. The van der Waals surface area contributed by atoms with Crippen LogP contribution in [0.1, 0.15) is 30.1 Å². The number of anilines is 2. The number of pyridine rings is 1. The second-order valence-electron chi connectivity index (χ2n) is 6.82. The third-order valence-corrected chi connectivity index (χ3v) is 4.70. The molecule has 1 aliphatic heterocycles. The molecular weight excluding hydrogens is 356 g/mol. The molecule has 9 heteroatoms. The smallest absolute Gasteiger partial charge is 0.253 e. The molecule has 28 heavy (non-hydrogen) atoms. The van der Waals surface area contributed by atoms with E-state index in [4.69, 9.17) is 11.1 Å². The van der Waals surface area contributed by atoms with Crippen molar-refractivity contribution in [3.8, 4) is 0 Å². The van der Waals surface area contributed by atoms with Gasteiger partial charge in [-0.2, -0.15) is 5.53 Å². The minimum absolute atomic E-state index is 0.0717. The standard InChI is InChI=1S/C19H26N8O/c1-14-9-12-26(13-10-14)18(28)15-5-7-16(8-6-15)23-24-25-27(19(20)21)17-4-2-3-11-22-17/h2-8,11,14,23-25H,9-10,12-13H2,1H3,(H3,20,21). The molecule has 1 saturated heterocycles. The largest absolute Gasteiger partial charge is 0.369 e. The fourth-order valence-corrected chi connectivity index (χ4v) is 2.97.